The van der Waals surface area contributed by atoms with Crippen molar-refractivity contribution in [3.63, 3.8) is 0 Å². The van der Waals surface area contributed by atoms with E-state index in [1.165, 1.54) is 11.1 Å². The predicted octanol–water partition coefficient (Wildman–Crippen LogP) is 7.61. The van der Waals surface area contributed by atoms with Crippen molar-refractivity contribution in [2.75, 3.05) is 12.4 Å². The smallest absolute Gasteiger partial charge is 0.332 e. The van der Waals surface area contributed by atoms with E-state index in [4.69, 9.17) is 9.16 Å². The molecule has 5 nitrogen and oxygen atoms in total. The molecule has 0 heterocycles. The van der Waals surface area contributed by atoms with E-state index in [9.17, 15) is 9.59 Å². The summed E-state index contributed by atoms with van der Waals surface area (Å²) in [4.78, 5) is 21.9. The number of carbonyl (C=O) groups is 2. The van der Waals surface area contributed by atoms with E-state index >= 15 is 0 Å². The van der Waals surface area contributed by atoms with Gasteiger partial charge in [-0.1, -0.05) is 88.9 Å². The highest BCUT2D eigenvalue weighted by molar-refractivity contribution is 6.76. The second-order valence-electron chi connectivity index (χ2n) is 12.8. The topological polar surface area (TPSA) is 64.6 Å². The van der Waals surface area contributed by atoms with E-state index in [2.05, 4.69) is 108 Å². The SMILES string of the molecule is C=C(C)C(=O)NC[Si](C)(C)C.C=C(C)C(=O)OC[Si](C)(C)C.C=C(C)c1ccc(CO[Si](C)(C)C)cc1. The van der Waals surface area contributed by atoms with Gasteiger partial charge >= 0.3 is 5.97 Å². The summed E-state index contributed by atoms with van der Waals surface area (Å²) in [5.41, 5.74) is 4.60. The minimum atomic E-state index is -1.39. The lowest BCUT2D eigenvalue weighted by atomic mass is 10.1. The number of nitrogens with one attached hydrogen (secondary N) is 1. The number of amides is 1. The molecule has 37 heavy (non-hydrogen) atoms. The fourth-order valence-corrected chi connectivity index (χ4v) is 3.94. The summed E-state index contributed by atoms with van der Waals surface area (Å²) in [5, 5.41) is 2.85. The van der Waals surface area contributed by atoms with Gasteiger partial charge in [-0.3, -0.25) is 4.79 Å². The molecule has 1 aromatic rings. The van der Waals surface area contributed by atoms with E-state index < -0.39 is 24.5 Å². The molecule has 1 amide bonds. The first-order valence-electron chi connectivity index (χ1n) is 12.7. The molecular formula is C29H53NO4Si3. The van der Waals surface area contributed by atoms with Crippen LogP contribution in [-0.4, -0.2) is 48.7 Å². The van der Waals surface area contributed by atoms with Crippen molar-refractivity contribution in [1.29, 1.82) is 0 Å². The zero-order chi connectivity index (χ0) is 29.6. The Morgan fingerprint density at radius 2 is 1.27 bits per heavy atom. The van der Waals surface area contributed by atoms with E-state index in [0.29, 0.717) is 17.4 Å². The van der Waals surface area contributed by atoms with Crippen LogP contribution in [0.5, 0.6) is 0 Å². The predicted molar refractivity (Wildman–Crippen MR) is 170 cm³/mol. The molecule has 210 valence electrons. The largest absolute Gasteiger partial charge is 0.466 e. The van der Waals surface area contributed by atoms with Gasteiger partial charge in [-0.05, 0) is 51.5 Å². The maximum atomic E-state index is 11.0. The van der Waals surface area contributed by atoms with Gasteiger partial charge in [-0.2, -0.15) is 0 Å². The van der Waals surface area contributed by atoms with Crippen LogP contribution in [0.4, 0.5) is 0 Å². The number of esters is 1. The molecule has 0 unspecified atom stereocenters. The molecule has 0 spiro atoms. The van der Waals surface area contributed by atoms with Crippen LogP contribution in [0, 0.1) is 0 Å². The maximum Gasteiger partial charge on any atom is 0.332 e. The quantitative estimate of drug-likeness (QED) is 0.181. The van der Waals surface area contributed by atoms with E-state index in [1.54, 1.807) is 13.8 Å². The van der Waals surface area contributed by atoms with Gasteiger partial charge in [0.1, 0.15) is 0 Å². The van der Waals surface area contributed by atoms with Crippen LogP contribution in [0.2, 0.25) is 58.9 Å². The Balaban J connectivity index is 0. The average molecular weight is 564 g/mol. The standard InChI is InChI=1S/C13H20OSi.C8H17NOSi.C8H16O2Si/c1-11(2)13-8-6-12(7-9-13)10-14-15(3,4)5;1-7(2)8(10)9-6-11(3,4)5;1-7(2)8(9)10-6-11(3,4)5/h6-9H,1,10H2,2-5H3;1,6H2,2-5H3,(H,9,10);1,6H2,2-5H3. The number of hydrogen-bond donors (Lipinski definition) is 1. The molecule has 1 aromatic carbocycles. The van der Waals surface area contributed by atoms with Gasteiger partial charge in [0.2, 0.25) is 5.91 Å². The molecule has 8 heteroatoms. The highest BCUT2D eigenvalue weighted by atomic mass is 28.4. The molecule has 0 bridgehead atoms. The van der Waals surface area contributed by atoms with Gasteiger partial charge in [-0.25, -0.2) is 4.79 Å². The molecule has 0 aliphatic heterocycles. The highest BCUT2D eigenvalue weighted by Crippen LogP contribution is 2.14. The molecule has 0 aliphatic carbocycles. The zero-order valence-corrected chi connectivity index (χ0v) is 28.7. The Morgan fingerprint density at radius 3 is 1.59 bits per heavy atom. The van der Waals surface area contributed by atoms with E-state index in [0.717, 1.165) is 18.3 Å². The monoisotopic (exact) mass is 563 g/mol. The summed E-state index contributed by atoms with van der Waals surface area (Å²) in [6.07, 6.45) is 1.41. The molecule has 0 fully saturated rings. The summed E-state index contributed by atoms with van der Waals surface area (Å²) < 4.78 is 10.8. The minimum absolute atomic E-state index is 0.0209. The van der Waals surface area contributed by atoms with E-state index in [1.807, 2.05) is 6.92 Å². The van der Waals surface area contributed by atoms with Gasteiger partial charge in [0, 0.05) is 17.3 Å². The second kappa shape index (κ2) is 16.8. The van der Waals surface area contributed by atoms with Gasteiger partial charge in [-0.15, -0.1) is 0 Å². The molecule has 0 aromatic heterocycles. The minimum Gasteiger partial charge on any atom is -0.466 e. The third kappa shape index (κ3) is 24.1. The maximum absolute atomic E-state index is 11.0. The van der Waals surface area contributed by atoms with Gasteiger partial charge in [0.25, 0.3) is 0 Å². The van der Waals surface area contributed by atoms with Crippen molar-refractivity contribution in [2.45, 2.75) is 86.3 Å². The fraction of sp³-hybridized carbons (Fsp3) is 0.517. The van der Waals surface area contributed by atoms with Gasteiger partial charge < -0.3 is 14.5 Å². The molecule has 0 saturated heterocycles. The van der Waals surface area contributed by atoms with Crippen LogP contribution in [0.3, 0.4) is 0 Å². The summed E-state index contributed by atoms with van der Waals surface area (Å²) in [6.45, 7) is 36.8. The van der Waals surface area contributed by atoms with Crippen molar-refractivity contribution >= 4 is 41.9 Å². The van der Waals surface area contributed by atoms with Crippen molar-refractivity contribution in [1.82, 2.24) is 5.32 Å². The number of benzene rings is 1. The first kappa shape index (κ1) is 37.1. The highest BCUT2D eigenvalue weighted by Gasteiger charge is 2.16. The van der Waals surface area contributed by atoms with Crippen molar-refractivity contribution in [2.24, 2.45) is 0 Å². The molecule has 1 rings (SSSR count). The third-order valence-corrected chi connectivity index (χ3v) is 7.53. The number of carbonyl (C=O) groups excluding carboxylic acids is 2. The molecular weight excluding hydrogens is 511 g/mol. The summed E-state index contributed by atoms with van der Waals surface area (Å²) >= 11 is 0. The summed E-state index contributed by atoms with van der Waals surface area (Å²) in [5.74, 6) is -0.292. The van der Waals surface area contributed by atoms with Crippen LogP contribution in [0.15, 0.2) is 55.1 Å². The summed E-state index contributed by atoms with van der Waals surface area (Å²) in [6, 6.07) is 8.44. The van der Waals surface area contributed by atoms with Crippen LogP contribution in [0.1, 0.15) is 31.9 Å². The lowest BCUT2D eigenvalue weighted by molar-refractivity contribution is -0.137. The number of allylic oxidation sites excluding steroid dienone is 1. The third-order valence-electron chi connectivity index (χ3n) is 4.27. The number of rotatable bonds is 10. The second-order valence-corrected chi connectivity index (χ2v) is 28.2. The first-order valence-corrected chi connectivity index (χ1v) is 23.5. The lowest BCUT2D eigenvalue weighted by Gasteiger charge is -2.17. The number of ether oxygens (including phenoxy) is 1. The molecule has 0 saturated carbocycles. The van der Waals surface area contributed by atoms with Crippen molar-refractivity contribution in [3.05, 3.63) is 66.3 Å². The lowest BCUT2D eigenvalue weighted by Crippen LogP contribution is -2.39. The Morgan fingerprint density at radius 1 is 0.784 bits per heavy atom. The number of hydrogen-bond acceptors (Lipinski definition) is 4. The van der Waals surface area contributed by atoms with Crippen molar-refractivity contribution < 1.29 is 18.8 Å². The van der Waals surface area contributed by atoms with Crippen LogP contribution in [-0.2, 0) is 25.4 Å². The average Bonchev–Trinajstić information content (AvgIpc) is 2.73. The molecule has 1 N–H and O–H groups in total. The van der Waals surface area contributed by atoms with Crippen LogP contribution >= 0.6 is 0 Å². The summed E-state index contributed by atoms with van der Waals surface area (Å²) in [7, 11) is -3.78. The van der Waals surface area contributed by atoms with Crippen molar-refractivity contribution in [3.8, 4) is 0 Å². The zero-order valence-electron chi connectivity index (χ0n) is 25.7. The Kier molecular flexibility index (Phi) is 16.8. The van der Waals surface area contributed by atoms with Crippen LogP contribution in [0.25, 0.3) is 5.57 Å². The van der Waals surface area contributed by atoms with Gasteiger partial charge in [0.15, 0.2) is 8.32 Å². The Labute approximate surface area is 230 Å². The van der Waals surface area contributed by atoms with Gasteiger partial charge in [0.05, 0.1) is 29.0 Å². The molecule has 0 aliphatic rings. The first-order chi connectivity index (χ1) is 16.5. The fourth-order valence-electron chi connectivity index (χ4n) is 2.09. The molecule has 0 atom stereocenters. The molecule has 0 radical (unpaired) electrons. The Hall–Kier alpha value is -2.01. The normalized spacial score (nSPS) is 11.1. The van der Waals surface area contributed by atoms with Crippen LogP contribution < -0.4 is 5.32 Å². The van der Waals surface area contributed by atoms with E-state index in [-0.39, 0.29) is 11.9 Å². The Bertz CT molecular complexity index is 863.